The Hall–Kier alpha value is 1.18. The van der Waals surface area contributed by atoms with Gasteiger partial charge in [0.2, 0.25) is 0 Å². The topological polar surface area (TPSA) is 0 Å². The third-order valence-corrected chi connectivity index (χ3v) is 0. The molecule has 0 rings (SSSR count). The summed E-state index contributed by atoms with van der Waals surface area (Å²) in [5.41, 5.74) is 0. The second-order valence-corrected chi connectivity index (χ2v) is 2.05. The predicted octanol–water partition coefficient (Wildman–Crippen LogP) is 0.916. The molecule has 0 aliphatic carbocycles. The van der Waals surface area contributed by atoms with Gasteiger partial charge < -0.3 is 0 Å². The molecule has 0 nitrogen and oxygen atoms in total. The molecule has 0 heterocycles. The maximum absolute atomic E-state index is 5.04. The van der Waals surface area contributed by atoms with Crippen molar-refractivity contribution in [2.24, 2.45) is 0 Å². The monoisotopic (exact) mass is 90.0 g/mol. The van der Waals surface area contributed by atoms with Gasteiger partial charge in [0.25, 0.3) is 0 Å². The first-order valence-corrected chi connectivity index (χ1v) is 1.89. The number of alkyl halides is 2. The van der Waals surface area contributed by atoms with Crippen LogP contribution in [0.3, 0.4) is 0 Å². The molecule has 20 valence electrons. The fraction of sp³-hybridized carbons (Fsp3) is 1.00. The van der Waals surface area contributed by atoms with Crippen LogP contribution in [0.15, 0.2) is 0 Å². The molecule has 0 spiro atoms. The zero-order valence-corrected chi connectivity index (χ0v) is 3.85. The van der Waals surface area contributed by atoms with Gasteiger partial charge in [-0.25, -0.2) is 0 Å². The van der Waals surface area contributed by atoms with Crippen LogP contribution in [0.25, 0.3) is 0 Å². The van der Waals surface area contributed by atoms with E-state index in [1.807, 2.05) is 0 Å². The molecule has 0 unspecified atom stereocenters. The molecule has 0 aromatic heterocycles. The van der Waals surface area contributed by atoms with Crippen LogP contribution in [0.1, 0.15) is 0 Å². The number of rotatable bonds is 0. The Morgan fingerprint density at radius 3 is 1.50 bits per heavy atom. The minimum absolute atomic E-state index is 0.222. The zero-order chi connectivity index (χ0) is 3.58. The molecule has 3 heteroatoms. The molecule has 0 radical (unpaired) electrons. The number of halogens is 2. The molecule has 0 aliphatic rings. The molecule has 0 aliphatic heterocycles. The van der Waals surface area contributed by atoms with Crippen molar-refractivity contribution in [3.05, 3.63) is 0 Å². The van der Waals surface area contributed by atoms with Crippen LogP contribution in [-0.2, 0) is 0 Å². The Morgan fingerprint density at radius 1 is 1.50 bits per heavy atom. The van der Waals surface area contributed by atoms with Crippen molar-refractivity contribution in [1.82, 2.24) is 0 Å². The third kappa shape index (κ3) is 10.9. The van der Waals surface area contributed by atoms with Crippen molar-refractivity contribution in [3.63, 3.8) is 0 Å². The van der Waals surface area contributed by atoms with Crippen molar-refractivity contribution >= 4 is 40.9 Å². The fourth-order valence-electron chi connectivity index (χ4n) is 0. The molecule has 0 fully saturated rings. The van der Waals surface area contributed by atoms with Crippen molar-refractivity contribution in [2.75, 3.05) is 0 Å². The first-order valence-electron chi connectivity index (χ1n) is 1.01. The van der Waals surface area contributed by atoms with Gasteiger partial charge in [-0.3, -0.25) is 0 Å². The Labute approximate surface area is 44.7 Å². The van der Waals surface area contributed by atoms with Crippen molar-refractivity contribution in [3.8, 4) is 0 Å². The van der Waals surface area contributed by atoms with Gasteiger partial charge in [-0.1, -0.05) is 0 Å². The Kier molecular flexibility index (Phi) is 3.13. The van der Waals surface area contributed by atoms with Gasteiger partial charge in [0.05, 0.1) is 0 Å². The summed E-state index contributed by atoms with van der Waals surface area (Å²) in [5, 5.41) is 0. The van der Waals surface area contributed by atoms with Gasteiger partial charge in [0.1, 0.15) is 0 Å². The summed E-state index contributed by atoms with van der Waals surface area (Å²) in [5.74, 6) is 0. The summed E-state index contributed by atoms with van der Waals surface area (Å²) in [4.78, 5) is 0. The molecular formula is CHCl2Li. The summed E-state index contributed by atoms with van der Waals surface area (Å²) in [6, 6.07) is 0. The van der Waals surface area contributed by atoms with E-state index in [-0.39, 0.29) is 3.51 Å². The van der Waals surface area contributed by atoms with Crippen LogP contribution in [-0.4, -0.2) is 21.2 Å². The van der Waals surface area contributed by atoms with E-state index in [0.717, 1.165) is 0 Å². The standard InChI is InChI=1S/CHCl2.Li/c2-1-3;/h1H;. The number of hydrogen-bond acceptors (Lipinski definition) is 0. The van der Waals surface area contributed by atoms with Crippen LogP contribution in [0, 0.1) is 0 Å². The molecular weight excluding hydrogens is 89.9 g/mol. The van der Waals surface area contributed by atoms with Crippen LogP contribution in [0.2, 0.25) is 0 Å². The first-order chi connectivity index (χ1) is 1.73. The second-order valence-electron chi connectivity index (χ2n) is 0.519. The van der Waals surface area contributed by atoms with Crippen molar-refractivity contribution in [1.29, 1.82) is 0 Å². The molecule has 4 heavy (non-hydrogen) atoms. The van der Waals surface area contributed by atoms with Gasteiger partial charge in [-0.2, -0.15) is 0 Å². The van der Waals surface area contributed by atoms with Crippen LogP contribution in [0.4, 0.5) is 0 Å². The summed E-state index contributed by atoms with van der Waals surface area (Å²) in [6.45, 7) is 0. The maximum atomic E-state index is 5.04. The van der Waals surface area contributed by atoms with Crippen LogP contribution >= 0.6 is 23.2 Å². The van der Waals surface area contributed by atoms with E-state index < -0.39 is 0 Å². The van der Waals surface area contributed by atoms with E-state index in [4.69, 9.17) is 23.2 Å². The predicted molar refractivity (Wildman–Crippen MR) is 21.2 cm³/mol. The molecule has 0 atom stereocenters. The molecule has 0 amide bonds. The number of hydrogen-bond donors (Lipinski definition) is 0. The summed E-state index contributed by atoms with van der Waals surface area (Å²) in [6.07, 6.45) is 0. The van der Waals surface area contributed by atoms with E-state index in [0.29, 0.717) is 0 Å². The van der Waals surface area contributed by atoms with E-state index in [2.05, 4.69) is 0 Å². The summed E-state index contributed by atoms with van der Waals surface area (Å²) < 4.78 is -0.222. The van der Waals surface area contributed by atoms with E-state index >= 15 is 0 Å². The Balaban J connectivity index is 2.32. The van der Waals surface area contributed by atoms with Gasteiger partial charge in [-0.15, -0.1) is 0 Å². The van der Waals surface area contributed by atoms with Gasteiger partial charge >= 0.3 is 44.4 Å². The van der Waals surface area contributed by atoms with Crippen LogP contribution < -0.4 is 0 Å². The van der Waals surface area contributed by atoms with Gasteiger partial charge in [0.15, 0.2) is 0 Å². The minimum atomic E-state index is -0.222. The third-order valence-electron chi connectivity index (χ3n) is 0. The molecule has 0 aromatic carbocycles. The van der Waals surface area contributed by atoms with Crippen LogP contribution in [0.5, 0.6) is 0 Å². The molecule has 0 bridgehead atoms. The zero-order valence-electron chi connectivity index (χ0n) is 2.33. The van der Waals surface area contributed by atoms with Crippen molar-refractivity contribution in [2.45, 2.75) is 3.51 Å². The quantitative estimate of drug-likeness (QED) is 0.307. The van der Waals surface area contributed by atoms with E-state index in [9.17, 15) is 0 Å². The average molecular weight is 90.9 g/mol. The van der Waals surface area contributed by atoms with E-state index in [1.54, 1.807) is 17.7 Å². The van der Waals surface area contributed by atoms with Gasteiger partial charge in [-0.05, 0) is 0 Å². The Morgan fingerprint density at radius 2 is 1.50 bits per heavy atom. The average Bonchev–Trinajstić information content (AvgIpc) is 0.811. The normalized spacial score (nSPS) is 9.25. The summed E-state index contributed by atoms with van der Waals surface area (Å²) >= 11 is 11.8. The molecule has 0 saturated heterocycles. The molecule has 0 saturated carbocycles. The first kappa shape index (κ1) is 5.18. The fourth-order valence-corrected chi connectivity index (χ4v) is 0. The molecule has 0 N–H and O–H groups in total. The molecule has 0 aromatic rings. The SMILES string of the molecule is [Li][CH](Cl)Cl. The second kappa shape index (κ2) is 2.42. The van der Waals surface area contributed by atoms with Gasteiger partial charge in [0, 0.05) is 0 Å². The Bertz CT molecular complexity index is 10.8. The summed E-state index contributed by atoms with van der Waals surface area (Å²) in [7, 11) is 0. The van der Waals surface area contributed by atoms with Crippen molar-refractivity contribution < 1.29 is 0 Å². The van der Waals surface area contributed by atoms with E-state index in [1.165, 1.54) is 0 Å².